The molecule has 1 amide bonds. The van der Waals surface area contributed by atoms with Gasteiger partial charge >= 0.3 is 0 Å². The lowest BCUT2D eigenvalue weighted by Gasteiger charge is -2.11. The fourth-order valence-corrected chi connectivity index (χ4v) is 2.85. The first-order valence-electron chi connectivity index (χ1n) is 7.31. The van der Waals surface area contributed by atoms with Crippen molar-refractivity contribution in [1.29, 1.82) is 0 Å². The maximum absolute atomic E-state index is 12.2. The lowest BCUT2D eigenvalue weighted by molar-refractivity contribution is 0.0857. The van der Waals surface area contributed by atoms with Crippen LogP contribution in [0, 0.1) is 0 Å². The molecule has 22 heavy (non-hydrogen) atoms. The minimum absolute atomic E-state index is 0.102. The summed E-state index contributed by atoms with van der Waals surface area (Å²) in [4.78, 5) is 16.3. The second-order valence-corrected chi connectivity index (χ2v) is 5.86. The number of thiazole rings is 1. The van der Waals surface area contributed by atoms with Crippen LogP contribution in [0.15, 0.2) is 35.2 Å². The summed E-state index contributed by atoms with van der Waals surface area (Å²) in [7, 11) is 0. The normalized spacial score (nSPS) is 17.4. The summed E-state index contributed by atoms with van der Waals surface area (Å²) in [5.41, 5.74) is 3.25. The van der Waals surface area contributed by atoms with Gasteiger partial charge in [0.05, 0.1) is 17.3 Å². The molecule has 1 aromatic carbocycles. The summed E-state index contributed by atoms with van der Waals surface area (Å²) in [6, 6.07) is 7.18. The molecule has 5 nitrogen and oxygen atoms in total. The number of ether oxygens (including phenoxy) is 2. The van der Waals surface area contributed by atoms with Crippen molar-refractivity contribution in [3.8, 4) is 5.75 Å². The fraction of sp³-hybridized carbons (Fsp3) is 0.375. The number of hydrogen-bond donors (Lipinski definition) is 1. The van der Waals surface area contributed by atoms with Gasteiger partial charge in [0.15, 0.2) is 0 Å². The van der Waals surface area contributed by atoms with E-state index in [9.17, 15) is 4.79 Å². The van der Waals surface area contributed by atoms with Gasteiger partial charge in [-0.3, -0.25) is 4.79 Å². The van der Waals surface area contributed by atoms with Crippen LogP contribution in [0.1, 0.15) is 28.9 Å². The minimum Gasteiger partial charge on any atom is -0.487 e. The van der Waals surface area contributed by atoms with Crippen molar-refractivity contribution in [2.75, 3.05) is 13.2 Å². The number of nitrogens with one attached hydrogen (secondary N) is 1. The molecule has 6 heteroatoms. The molecule has 0 aliphatic carbocycles. The Bertz CT molecular complexity index is 610. The monoisotopic (exact) mass is 318 g/mol. The van der Waals surface area contributed by atoms with Crippen LogP contribution < -0.4 is 10.1 Å². The van der Waals surface area contributed by atoms with E-state index in [0.717, 1.165) is 25.1 Å². The van der Waals surface area contributed by atoms with Crippen molar-refractivity contribution in [3.05, 3.63) is 46.4 Å². The number of hydrogen-bond acceptors (Lipinski definition) is 5. The highest BCUT2D eigenvalue weighted by Crippen LogP contribution is 2.16. The Balaban J connectivity index is 1.54. The summed E-state index contributed by atoms with van der Waals surface area (Å²) < 4.78 is 11.2. The van der Waals surface area contributed by atoms with Gasteiger partial charge in [-0.25, -0.2) is 4.98 Å². The number of nitrogens with zero attached hydrogens (tertiary/aromatic N) is 1. The lowest BCUT2D eigenvalue weighted by Crippen LogP contribution is -2.31. The Morgan fingerprint density at radius 1 is 1.50 bits per heavy atom. The number of amides is 1. The van der Waals surface area contributed by atoms with Crippen LogP contribution in [0.5, 0.6) is 5.75 Å². The molecule has 0 spiro atoms. The van der Waals surface area contributed by atoms with Gasteiger partial charge in [0.25, 0.3) is 5.91 Å². The molecule has 3 rings (SSSR count). The largest absolute Gasteiger partial charge is 0.487 e. The molecular weight excluding hydrogens is 300 g/mol. The summed E-state index contributed by atoms with van der Waals surface area (Å²) in [6.07, 6.45) is 2.23. The van der Waals surface area contributed by atoms with Crippen LogP contribution in [0.2, 0.25) is 0 Å². The molecule has 1 aromatic heterocycles. The third kappa shape index (κ3) is 4.05. The maximum atomic E-state index is 12.2. The number of carbonyl (C=O) groups excluding carboxylic acids is 1. The first kappa shape index (κ1) is 15.0. The number of aromatic nitrogens is 1. The third-order valence-corrected chi connectivity index (χ3v) is 4.12. The Morgan fingerprint density at radius 2 is 2.45 bits per heavy atom. The van der Waals surface area contributed by atoms with E-state index in [1.54, 1.807) is 17.6 Å². The van der Waals surface area contributed by atoms with Crippen LogP contribution in [-0.2, 0) is 11.3 Å². The molecule has 1 N–H and O–H groups in total. The second-order valence-electron chi connectivity index (χ2n) is 5.14. The van der Waals surface area contributed by atoms with Crippen molar-refractivity contribution < 1.29 is 14.3 Å². The van der Waals surface area contributed by atoms with Gasteiger partial charge in [-0.1, -0.05) is 6.07 Å². The molecule has 0 radical (unpaired) electrons. The zero-order chi connectivity index (χ0) is 15.2. The van der Waals surface area contributed by atoms with Crippen molar-refractivity contribution in [1.82, 2.24) is 10.3 Å². The van der Waals surface area contributed by atoms with Gasteiger partial charge in [0, 0.05) is 24.1 Å². The Labute approximate surface area is 133 Å². The van der Waals surface area contributed by atoms with Gasteiger partial charge in [-0.2, -0.15) is 0 Å². The molecule has 1 aliphatic rings. The van der Waals surface area contributed by atoms with Crippen molar-refractivity contribution >= 4 is 17.2 Å². The molecular formula is C16H18N2O3S. The van der Waals surface area contributed by atoms with E-state index in [-0.39, 0.29) is 12.0 Å². The molecule has 1 atom stereocenters. The molecule has 0 bridgehead atoms. The van der Waals surface area contributed by atoms with E-state index in [4.69, 9.17) is 9.47 Å². The average Bonchev–Trinajstić information content (AvgIpc) is 3.24. The Morgan fingerprint density at radius 3 is 3.23 bits per heavy atom. The lowest BCUT2D eigenvalue weighted by atomic mass is 10.2. The molecule has 2 heterocycles. The number of rotatable bonds is 6. The van der Waals surface area contributed by atoms with E-state index < -0.39 is 0 Å². The summed E-state index contributed by atoms with van der Waals surface area (Å²) in [5, 5.41) is 4.85. The summed E-state index contributed by atoms with van der Waals surface area (Å²) in [5.74, 6) is 0.562. The molecule has 2 aromatic rings. The quantitative estimate of drug-likeness (QED) is 0.889. The topological polar surface area (TPSA) is 60.5 Å². The van der Waals surface area contributed by atoms with Crippen molar-refractivity contribution in [3.63, 3.8) is 0 Å². The second kappa shape index (κ2) is 7.38. The molecule has 0 unspecified atom stereocenters. The predicted octanol–water partition coefficient (Wildman–Crippen LogP) is 2.63. The van der Waals surface area contributed by atoms with Gasteiger partial charge < -0.3 is 14.8 Å². The van der Waals surface area contributed by atoms with Crippen LogP contribution >= 0.6 is 11.3 Å². The van der Waals surface area contributed by atoms with Crippen molar-refractivity contribution in [2.45, 2.75) is 25.6 Å². The smallest absolute Gasteiger partial charge is 0.251 e. The first-order chi connectivity index (χ1) is 10.8. The van der Waals surface area contributed by atoms with Crippen molar-refractivity contribution in [2.24, 2.45) is 0 Å². The highest BCUT2D eigenvalue weighted by molar-refractivity contribution is 7.07. The highest BCUT2D eigenvalue weighted by Gasteiger charge is 2.16. The average molecular weight is 318 g/mol. The van der Waals surface area contributed by atoms with Crippen LogP contribution in [0.4, 0.5) is 0 Å². The Hall–Kier alpha value is -1.92. The van der Waals surface area contributed by atoms with Gasteiger partial charge in [-0.15, -0.1) is 11.3 Å². The third-order valence-electron chi connectivity index (χ3n) is 3.48. The van der Waals surface area contributed by atoms with Gasteiger partial charge in [0.1, 0.15) is 12.4 Å². The van der Waals surface area contributed by atoms with Crippen LogP contribution in [0.25, 0.3) is 0 Å². The van der Waals surface area contributed by atoms with E-state index in [1.165, 1.54) is 11.3 Å². The zero-order valence-electron chi connectivity index (χ0n) is 12.2. The summed E-state index contributed by atoms with van der Waals surface area (Å²) >= 11 is 1.53. The number of carbonyl (C=O) groups is 1. The molecule has 0 saturated carbocycles. The van der Waals surface area contributed by atoms with Crippen LogP contribution in [-0.4, -0.2) is 30.1 Å². The Kier molecular flexibility index (Phi) is 5.03. The minimum atomic E-state index is -0.102. The van der Waals surface area contributed by atoms with E-state index in [0.29, 0.717) is 24.5 Å². The van der Waals surface area contributed by atoms with Crippen LogP contribution in [0.3, 0.4) is 0 Å². The predicted molar refractivity (Wildman–Crippen MR) is 84.2 cm³/mol. The molecule has 1 saturated heterocycles. The maximum Gasteiger partial charge on any atom is 0.251 e. The fourth-order valence-electron chi connectivity index (χ4n) is 2.31. The number of benzene rings is 1. The van der Waals surface area contributed by atoms with E-state index in [1.807, 2.05) is 17.5 Å². The zero-order valence-corrected chi connectivity index (χ0v) is 13.0. The van der Waals surface area contributed by atoms with Gasteiger partial charge in [-0.05, 0) is 31.0 Å². The molecule has 1 aliphatic heterocycles. The molecule has 116 valence electrons. The molecule has 1 fully saturated rings. The van der Waals surface area contributed by atoms with Gasteiger partial charge in [0.2, 0.25) is 0 Å². The van der Waals surface area contributed by atoms with E-state index >= 15 is 0 Å². The standard InChI is InChI=1S/C16H18N2O3S/c19-16(17-8-15-5-2-6-20-15)12-3-1-4-14(7-12)21-9-13-10-22-11-18-13/h1,3-4,7,10-11,15H,2,5-6,8-9H2,(H,17,19)/t15-/m0/s1. The first-order valence-corrected chi connectivity index (χ1v) is 8.25. The SMILES string of the molecule is O=C(NC[C@@H]1CCCO1)c1cccc(OCc2cscn2)c1. The summed E-state index contributed by atoms with van der Waals surface area (Å²) in [6.45, 7) is 1.76. The highest BCUT2D eigenvalue weighted by atomic mass is 32.1. The van der Waals surface area contributed by atoms with E-state index in [2.05, 4.69) is 10.3 Å².